The summed E-state index contributed by atoms with van der Waals surface area (Å²) in [7, 11) is 2.08. The van der Waals surface area contributed by atoms with Gasteiger partial charge in [-0.25, -0.2) is 0 Å². The second kappa shape index (κ2) is 7.01. The van der Waals surface area contributed by atoms with Crippen molar-refractivity contribution in [3.63, 3.8) is 0 Å². The fourth-order valence-electron chi connectivity index (χ4n) is 2.03. The Bertz CT molecular complexity index is 510. The third-order valence-electron chi connectivity index (χ3n) is 3.52. The fraction of sp³-hybridized carbons (Fsp3) is 0.375. The van der Waals surface area contributed by atoms with Gasteiger partial charge in [-0.2, -0.15) is 0 Å². The van der Waals surface area contributed by atoms with Crippen molar-refractivity contribution >= 4 is 5.69 Å². The van der Waals surface area contributed by atoms with E-state index in [4.69, 9.17) is 5.73 Å². The van der Waals surface area contributed by atoms with E-state index >= 15 is 0 Å². The van der Waals surface area contributed by atoms with Crippen LogP contribution in [0.15, 0.2) is 42.9 Å². The molecule has 0 aliphatic heterocycles. The maximum Gasteiger partial charge on any atom is 0.0572 e. The molecule has 0 aliphatic carbocycles. The Kier molecular flexibility index (Phi) is 5.07. The van der Waals surface area contributed by atoms with Crippen LogP contribution in [-0.4, -0.2) is 23.6 Å². The summed E-state index contributed by atoms with van der Waals surface area (Å²) in [6.45, 7) is 3.02. The van der Waals surface area contributed by atoms with Gasteiger partial charge in [-0.05, 0) is 42.7 Å². The summed E-state index contributed by atoms with van der Waals surface area (Å²) >= 11 is 0. The van der Waals surface area contributed by atoms with E-state index in [-0.39, 0.29) is 6.04 Å². The molecule has 2 aromatic rings. The van der Waals surface area contributed by atoms with Crippen molar-refractivity contribution in [2.24, 2.45) is 5.73 Å². The highest BCUT2D eigenvalue weighted by Crippen LogP contribution is 2.16. The molecule has 1 atom stereocenters. The van der Waals surface area contributed by atoms with Crippen LogP contribution in [0.5, 0.6) is 0 Å². The highest BCUT2D eigenvalue weighted by Gasteiger charge is 2.06. The van der Waals surface area contributed by atoms with Crippen LogP contribution in [0.25, 0.3) is 0 Å². The fourth-order valence-corrected chi connectivity index (χ4v) is 2.03. The Balaban J connectivity index is 1.94. The van der Waals surface area contributed by atoms with Crippen molar-refractivity contribution in [2.45, 2.75) is 25.8 Å². The number of pyridine rings is 2. The van der Waals surface area contributed by atoms with Crippen molar-refractivity contribution in [3.05, 3.63) is 54.1 Å². The number of rotatable bonds is 6. The van der Waals surface area contributed by atoms with Crippen LogP contribution < -0.4 is 10.6 Å². The molecule has 2 heterocycles. The molecule has 2 N–H and O–H groups in total. The molecule has 4 heteroatoms. The van der Waals surface area contributed by atoms with E-state index < -0.39 is 0 Å². The molecule has 0 fully saturated rings. The summed E-state index contributed by atoms with van der Waals surface area (Å²) in [4.78, 5) is 10.7. The predicted molar refractivity (Wildman–Crippen MR) is 82.7 cm³/mol. The van der Waals surface area contributed by atoms with Gasteiger partial charge in [-0.3, -0.25) is 9.97 Å². The van der Waals surface area contributed by atoms with Crippen LogP contribution in [-0.2, 0) is 6.42 Å². The molecule has 0 aliphatic rings. The molecule has 0 bridgehead atoms. The molecule has 106 valence electrons. The van der Waals surface area contributed by atoms with E-state index in [1.807, 2.05) is 24.7 Å². The van der Waals surface area contributed by atoms with Gasteiger partial charge in [0.15, 0.2) is 0 Å². The summed E-state index contributed by atoms with van der Waals surface area (Å²) in [6, 6.07) is 8.24. The van der Waals surface area contributed by atoms with E-state index in [9.17, 15) is 0 Å². The van der Waals surface area contributed by atoms with Crippen molar-refractivity contribution in [1.82, 2.24) is 9.97 Å². The Labute approximate surface area is 120 Å². The smallest absolute Gasteiger partial charge is 0.0572 e. The lowest BCUT2D eigenvalue weighted by molar-refractivity contribution is 0.675. The minimum Gasteiger partial charge on any atom is -0.373 e. The maximum atomic E-state index is 5.97. The molecule has 0 unspecified atom stereocenters. The van der Waals surface area contributed by atoms with Gasteiger partial charge in [-0.1, -0.05) is 6.92 Å². The molecule has 2 aromatic heterocycles. The Morgan fingerprint density at radius 3 is 2.55 bits per heavy atom. The average molecular weight is 270 g/mol. The molecule has 4 nitrogen and oxygen atoms in total. The Morgan fingerprint density at radius 2 is 1.95 bits per heavy atom. The second-order valence-electron chi connectivity index (χ2n) is 4.98. The zero-order valence-electron chi connectivity index (χ0n) is 12.2. The zero-order valence-corrected chi connectivity index (χ0v) is 12.2. The first-order valence-corrected chi connectivity index (χ1v) is 7.02. The summed E-state index contributed by atoms with van der Waals surface area (Å²) in [5.74, 6) is 0. The SMILES string of the molecule is CC[C@H](N)c1ccc(N(C)CCc2ccncc2)cn1. The summed E-state index contributed by atoms with van der Waals surface area (Å²) in [6.07, 6.45) is 7.46. The minimum absolute atomic E-state index is 0.0335. The molecular weight excluding hydrogens is 248 g/mol. The number of nitrogens with two attached hydrogens (primary N) is 1. The Morgan fingerprint density at radius 1 is 1.20 bits per heavy atom. The highest BCUT2D eigenvalue weighted by molar-refractivity contribution is 5.44. The lowest BCUT2D eigenvalue weighted by Gasteiger charge is -2.19. The summed E-state index contributed by atoms with van der Waals surface area (Å²) < 4.78 is 0. The van der Waals surface area contributed by atoms with Gasteiger partial charge in [0.25, 0.3) is 0 Å². The number of aromatic nitrogens is 2. The van der Waals surface area contributed by atoms with Crippen molar-refractivity contribution < 1.29 is 0 Å². The predicted octanol–water partition coefficient (Wildman–Crippen LogP) is 2.57. The molecular formula is C16H22N4. The molecule has 0 spiro atoms. The monoisotopic (exact) mass is 270 g/mol. The van der Waals surface area contributed by atoms with Gasteiger partial charge in [0.1, 0.15) is 0 Å². The van der Waals surface area contributed by atoms with Gasteiger partial charge >= 0.3 is 0 Å². The normalized spacial score (nSPS) is 12.2. The molecule has 0 amide bonds. The van der Waals surface area contributed by atoms with Crippen LogP contribution in [0.3, 0.4) is 0 Å². The summed E-state index contributed by atoms with van der Waals surface area (Å²) in [5.41, 5.74) is 9.34. The van der Waals surface area contributed by atoms with Crippen molar-refractivity contribution in [1.29, 1.82) is 0 Å². The van der Waals surface area contributed by atoms with Gasteiger partial charge < -0.3 is 10.6 Å². The van der Waals surface area contributed by atoms with Crippen LogP contribution >= 0.6 is 0 Å². The Hall–Kier alpha value is -1.94. The third-order valence-corrected chi connectivity index (χ3v) is 3.52. The first kappa shape index (κ1) is 14.5. The first-order chi connectivity index (χ1) is 9.70. The molecule has 2 rings (SSSR count). The number of hydrogen-bond acceptors (Lipinski definition) is 4. The standard InChI is InChI=1S/C16H22N4/c1-3-15(17)16-5-4-14(12-19-16)20(2)11-8-13-6-9-18-10-7-13/h4-7,9-10,12,15H,3,8,11,17H2,1-2H3/t15-/m0/s1. The number of anilines is 1. The number of hydrogen-bond donors (Lipinski definition) is 1. The first-order valence-electron chi connectivity index (χ1n) is 7.02. The number of likely N-dealkylation sites (N-methyl/N-ethyl adjacent to an activating group) is 1. The molecule has 0 aromatic carbocycles. The second-order valence-corrected chi connectivity index (χ2v) is 4.98. The van der Waals surface area contributed by atoms with Gasteiger partial charge in [-0.15, -0.1) is 0 Å². The molecule has 20 heavy (non-hydrogen) atoms. The van der Waals surface area contributed by atoms with Crippen LogP contribution in [0.4, 0.5) is 5.69 Å². The highest BCUT2D eigenvalue weighted by atomic mass is 15.1. The zero-order chi connectivity index (χ0) is 14.4. The van der Waals surface area contributed by atoms with Crippen LogP contribution in [0, 0.1) is 0 Å². The van der Waals surface area contributed by atoms with E-state index in [2.05, 4.69) is 47.0 Å². The van der Waals surface area contributed by atoms with Crippen LogP contribution in [0.2, 0.25) is 0 Å². The van der Waals surface area contributed by atoms with Crippen LogP contribution in [0.1, 0.15) is 30.6 Å². The third kappa shape index (κ3) is 3.78. The number of nitrogens with zero attached hydrogens (tertiary/aromatic N) is 3. The van der Waals surface area contributed by atoms with E-state index in [1.165, 1.54) is 5.56 Å². The van der Waals surface area contributed by atoms with Crippen molar-refractivity contribution in [3.8, 4) is 0 Å². The van der Waals surface area contributed by atoms with E-state index in [1.54, 1.807) is 0 Å². The average Bonchev–Trinajstić information content (AvgIpc) is 2.53. The van der Waals surface area contributed by atoms with Gasteiger partial charge in [0, 0.05) is 32.0 Å². The van der Waals surface area contributed by atoms with Crippen molar-refractivity contribution in [2.75, 3.05) is 18.5 Å². The largest absolute Gasteiger partial charge is 0.373 e. The maximum absolute atomic E-state index is 5.97. The van der Waals surface area contributed by atoms with E-state index in [0.29, 0.717) is 0 Å². The summed E-state index contributed by atoms with van der Waals surface area (Å²) in [5, 5.41) is 0. The van der Waals surface area contributed by atoms with Gasteiger partial charge in [0.05, 0.1) is 17.6 Å². The topological polar surface area (TPSA) is 55.0 Å². The quantitative estimate of drug-likeness (QED) is 0.876. The minimum atomic E-state index is 0.0335. The van der Waals surface area contributed by atoms with E-state index in [0.717, 1.165) is 30.8 Å². The lowest BCUT2D eigenvalue weighted by Crippen LogP contribution is -2.21. The molecule has 0 saturated heterocycles. The molecule has 0 radical (unpaired) electrons. The van der Waals surface area contributed by atoms with Gasteiger partial charge in [0.2, 0.25) is 0 Å². The lowest BCUT2D eigenvalue weighted by atomic mass is 10.1. The molecule has 0 saturated carbocycles.